The summed E-state index contributed by atoms with van der Waals surface area (Å²) in [7, 11) is 3.31. The molecule has 1 amide bonds. The molecule has 1 aliphatic carbocycles. The van der Waals surface area contributed by atoms with Gasteiger partial charge >= 0.3 is 0 Å². The molecule has 0 spiro atoms. The molecule has 0 radical (unpaired) electrons. The van der Waals surface area contributed by atoms with Crippen molar-refractivity contribution < 1.29 is 29.2 Å². The molecule has 6 atom stereocenters. The molecular formula is C31H54N2O6. The highest BCUT2D eigenvalue weighted by atomic mass is 16.5. The summed E-state index contributed by atoms with van der Waals surface area (Å²) in [5, 5.41) is 24.4. The third-order valence-corrected chi connectivity index (χ3v) is 8.18. The maximum atomic E-state index is 13.1. The molecule has 1 aromatic carbocycles. The first-order valence-corrected chi connectivity index (χ1v) is 14.8. The van der Waals surface area contributed by atoms with Crippen LogP contribution >= 0.6 is 0 Å². The summed E-state index contributed by atoms with van der Waals surface area (Å²) in [4.78, 5) is 13.1. The number of amides is 1. The lowest BCUT2D eigenvalue weighted by atomic mass is 9.80. The van der Waals surface area contributed by atoms with E-state index in [1.807, 2.05) is 26.0 Å². The van der Waals surface area contributed by atoms with Crippen molar-refractivity contribution in [2.75, 3.05) is 27.4 Å². The van der Waals surface area contributed by atoms with E-state index >= 15 is 0 Å². The highest BCUT2D eigenvalue weighted by molar-refractivity contribution is 5.79. The number of nitrogens with two attached hydrogens (primary N) is 1. The number of aliphatic hydroxyl groups is 2. The van der Waals surface area contributed by atoms with Crippen LogP contribution in [0, 0.1) is 23.7 Å². The van der Waals surface area contributed by atoms with Gasteiger partial charge in [-0.25, -0.2) is 0 Å². The topological polar surface area (TPSA) is 123 Å². The van der Waals surface area contributed by atoms with E-state index in [-0.39, 0.29) is 29.7 Å². The van der Waals surface area contributed by atoms with Crippen LogP contribution in [0.25, 0.3) is 0 Å². The Morgan fingerprint density at radius 2 is 1.77 bits per heavy atom. The van der Waals surface area contributed by atoms with Crippen molar-refractivity contribution in [3.05, 3.63) is 23.8 Å². The fraction of sp³-hybridized carbons (Fsp3) is 0.774. The number of nitrogens with one attached hydrogen (secondary N) is 1. The zero-order chi connectivity index (χ0) is 28.9. The number of methoxy groups -OCH3 is 2. The van der Waals surface area contributed by atoms with Gasteiger partial charge in [0.25, 0.3) is 0 Å². The van der Waals surface area contributed by atoms with Crippen molar-refractivity contribution in [2.45, 2.75) is 103 Å². The van der Waals surface area contributed by atoms with Crippen LogP contribution in [0.4, 0.5) is 0 Å². The summed E-state index contributed by atoms with van der Waals surface area (Å²) in [6.07, 6.45) is 4.76. The van der Waals surface area contributed by atoms with E-state index in [9.17, 15) is 15.0 Å². The first-order valence-electron chi connectivity index (χ1n) is 14.8. The average molecular weight is 551 g/mol. The Morgan fingerprint density at radius 3 is 2.38 bits per heavy atom. The predicted molar refractivity (Wildman–Crippen MR) is 155 cm³/mol. The number of hydrogen-bond donors (Lipinski definition) is 4. The molecule has 0 heterocycles. The number of rotatable bonds is 17. The Bertz CT molecular complexity index is 848. The molecule has 5 N–H and O–H groups in total. The number of aliphatic hydroxyl groups excluding tert-OH is 2. The van der Waals surface area contributed by atoms with E-state index in [1.165, 1.54) is 0 Å². The molecule has 39 heavy (non-hydrogen) atoms. The molecule has 0 aliphatic heterocycles. The van der Waals surface area contributed by atoms with E-state index in [0.29, 0.717) is 43.5 Å². The highest BCUT2D eigenvalue weighted by Gasteiger charge is 2.32. The fourth-order valence-electron chi connectivity index (χ4n) is 5.43. The lowest BCUT2D eigenvalue weighted by Gasteiger charge is -2.33. The van der Waals surface area contributed by atoms with Gasteiger partial charge in [0.15, 0.2) is 11.5 Å². The maximum absolute atomic E-state index is 13.1. The molecule has 0 bridgehead atoms. The van der Waals surface area contributed by atoms with Gasteiger partial charge in [-0.15, -0.1) is 0 Å². The Hall–Kier alpha value is -1.87. The number of ether oxygens (including phenoxy) is 3. The van der Waals surface area contributed by atoms with Crippen molar-refractivity contribution >= 4 is 5.91 Å². The van der Waals surface area contributed by atoms with E-state index < -0.39 is 18.2 Å². The van der Waals surface area contributed by atoms with Gasteiger partial charge in [0.1, 0.15) is 0 Å². The first-order chi connectivity index (χ1) is 18.6. The molecule has 8 nitrogen and oxygen atoms in total. The number of carbonyl (C=O) groups is 1. The molecule has 1 saturated carbocycles. The van der Waals surface area contributed by atoms with E-state index in [4.69, 9.17) is 19.9 Å². The average Bonchev–Trinajstić information content (AvgIpc) is 2.90. The van der Waals surface area contributed by atoms with Gasteiger partial charge in [-0.2, -0.15) is 0 Å². The van der Waals surface area contributed by atoms with Gasteiger partial charge in [0.05, 0.1) is 32.0 Å². The normalized spacial score (nSPS) is 20.9. The van der Waals surface area contributed by atoms with Crippen molar-refractivity contribution in [1.82, 2.24) is 5.32 Å². The largest absolute Gasteiger partial charge is 0.493 e. The molecule has 0 aromatic heterocycles. The predicted octanol–water partition coefficient (Wildman–Crippen LogP) is 4.09. The van der Waals surface area contributed by atoms with E-state index in [1.54, 1.807) is 14.2 Å². The first kappa shape index (κ1) is 33.3. The monoisotopic (exact) mass is 550 g/mol. The van der Waals surface area contributed by atoms with Crippen LogP contribution in [-0.4, -0.2) is 67.8 Å². The lowest BCUT2D eigenvalue weighted by Crippen LogP contribution is -2.49. The maximum Gasteiger partial charge on any atom is 0.223 e. The molecule has 1 fully saturated rings. The Kier molecular flexibility index (Phi) is 14.6. The standard InChI is InChI=1S/C31H54N2O6/c1-20(2)23(16-22-12-13-29(38-6)30(17-22)39-15-9-14-37-5)18-25(32)28(35)19-24(21(3)4)31(36)33-26-10-7-8-11-27(26)34/h12-13,17,20-21,23-28,34-35H,7-11,14-16,18-19,32H2,1-6H3,(H,33,36)/t23-,24-,25-,26-,27-,28-/m0/s1. The van der Waals surface area contributed by atoms with E-state index in [2.05, 4.69) is 25.2 Å². The summed E-state index contributed by atoms with van der Waals surface area (Å²) in [5.41, 5.74) is 7.68. The Balaban J connectivity index is 2.01. The molecule has 0 unspecified atom stereocenters. The van der Waals surface area contributed by atoms with Gasteiger partial charge in [-0.3, -0.25) is 4.79 Å². The quantitative estimate of drug-likeness (QED) is 0.216. The van der Waals surface area contributed by atoms with Crippen molar-refractivity contribution in [1.29, 1.82) is 0 Å². The second kappa shape index (κ2) is 17.1. The molecule has 2 rings (SSSR count). The number of hydrogen-bond acceptors (Lipinski definition) is 7. The van der Waals surface area contributed by atoms with Crippen molar-refractivity contribution in [3.8, 4) is 11.5 Å². The van der Waals surface area contributed by atoms with Gasteiger partial charge in [0.2, 0.25) is 5.91 Å². The zero-order valence-electron chi connectivity index (χ0n) is 25.0. The zero-order valence-corrected chi connectivity index (χ0v) is 25.0. The third kappa shape index (κ3) is 10.9. The number of carbonyl (C=O) groups excluding carboxylic acids is 1. The van der Waals surface area contributed by atoms with Crippen LogP contribution in [-0.2, 0) is 16.0 Å². The summed E-state index contributed by atoms with van der Waals surface area (Å²) in [6, 6.07) is 5.36. The minimum absolute atomic E-state index is 0.0510. The van der Waals surface area contributed by atoms with Crippen molar-refractivity contribution in [3.63, 3.8) is 0 Å². The van der Waals surface area contributed by atoms with Crippen LogP contribution < -0.4 is 20.5 Å². The van der Waals surface area contributed by atoms with E-state index in [0.717, 1.165) is 44.1 Å². The highest BCUT2D eigenvalue weighted by Crippen LogP contribution is 2.32. The second-order valence-electron chi connectivity index (χ2n) is 11.9. The summed E-state index contributed by atoms with van der Waals surface area (Å²) >= 11 is 0. The minimum Gasteiger partial charge on any atom is -0.493 e. The van der Waals surface area contributed by atoms with Gasteiger partial charge in [0, 0.05) is 32.1 Å². The van der Waals surface area contributed by atoms with Gasteiger partial charge in [-0.1, -0.05) is 46.6 Å². The molecule has 1 aliphatic rings. The molecular weight excluding hydrogens is 496 g/mol. The number of benzene rings is 1. The van der Waals surface area contributed by atoms with Crippen LogP contribution in [0.3, 0.4) is 0 Å². The molecule has 8 heteroatoms. The van der Waals surface area contributed by atoms with Crippen LogP contribution in [0.5, 0.6) is 11.5 Å². The van der Waals surface area contributed by atoms with Gasteiger partial charge in [-0.05, 0) is 67.6 Å². The SMILES string of the molecule is COCCCOc1cc(C[C@@H](C[C@H](N)[C@@H](O)C[C@H](C(=O)N[C@H]2CCCC[C@@H]2O)C(C)C)C(C)C)ccc1OC. The van der Waals surface area contributed by atoms with Crippen LogP contribution in [0.2, 0.25) is 0 Å². The summed E-state index contributed by atoms with van der Waals surface area (Å²) < 4.78 is 16.5. The Morgan fingerprint density at radius 1 is 1.05 bits per heavy atom. The summed E-state index contributed by atoms with van der Waals surface area (Å²) in [5.74, 6) is 1.60. The van der Waals surface area contributed by atoms with Crippen molar-refractivity contribution in [2.24, 2.45) is 29.4 Å². The molecule has 1 aromatic rings. The minimum atomic E-state index is -0.795. The molecule has 0 saturated heterocycles. The van der Waals surface area contributed by atoms with Crippen LogP contribution in [0.15, 0.2) is 18.2 Å². The Labute approximate surface area is 236 Å². The second-order valence-corrected chi connectivity index (χ2v) is 11.9. The summed E-state index contributed by atoms with van der Waals surface area (Å²) in [6.45, 7) is 9.53. The lowest BCUT2D eigenvalue weighted by molar-refractivity contribution is -0.129. The fourth-order valence-corrected chi connectivity index (χ4v) is 5.43. The smallest absolute Gasteiger partial charge is 0.223 e. The van der Waals surface area contributed by atoms with Gasteiger partial charge < -0.3 is 35.5 Å². The third-order valence-electron chi connectivity index (χ3n) is 8.18. The van der Waals surface area contributed by atoms with Crippen LogP contribution in [0.1, 0.15) is 78.2 Å². The molecule has 224 valence electrons.